The minimum atomic E-state index is -0.113. The number of nitrogens with zero attached hydrogens (tertiary/aromatic N) is 7. The van der Waals surface area contributed by atoms with Crippen LogP contribution in [0.3, 0.4) is 0 Å². The number of aromatic nitrogens is 5. The van der Waals surface area contributed by atoms with Crippen LogP contribution in [0.4, 0.5) is 0 Å². The summed E-state index contributed by atoms with van der Waals surface area (Å²) in [7, 11) is 0. The zero-order valence-electron chi connectivity index (χ0n) is 19.5. The van der Waals surface area contributed by atoms with Gasteiger partial charge < -0.3 is 9.42 Å². The second kappa shape index (κ2) is 10.4. The van der Waals surface area contributed by atoms with E-state index in [0.29, 0.717) is 41.2 Å². The van der Waals surface area contributed by atoms with Gasteiger partial charge in [-0.25, -0.2) is 4.68 Å². The molecular formula is C25H26ClN7O2. The van der Waals surface area contributed by atoms with Crippen molar-refractivity contribution in [3.05, 3.63) is 76.9 Å². The molecule has 0 aliphatic carbocycles. The molecule has 2 aromatic heterocycles. The first-order valence-corrected chi connectivity index (χ1v) is 12.0. The van der Waals surface area contributed by atoms with Gasteiger partial charge in [0.05, 0.1) is 16.9 Å². The minimum Gasteiger partial charge on any atom is -0.339 e. The molecule has 0 bridgehead atoms. The molecule has 1 amide bonds. The predicted octanol–water partition coefficient (Wildman–Crippen LogP) is 3.67. The van der Waals surface area contributed by atoms with Crippen molar-refractivity contribution in [2.45, 2.75) is 19.8 Å². The molecule has 0 radical (unpaired) electrons. The molecule has 1 saturated heterocycles. The highest BCUT2D eigenvalue weighted by Crippen LogP contribution is 2.20. The van der Waals surface area contributed by atoms with Crippen LogP contribution in [0.2, 0.25) is 5.02 Å². The summed E-state index contributed by atoms with van der Waals surface area (Å²) in [5, 5.41) is 12.8. The first kappa shape index (κ1) is 23.2. The fraction of sp³-hybridized carbons (Fsp3) is 0.320. The van der Waals surface area contributed by atoms with Crippen LogP contribution in [0.1, 0.15) is 28.4 Å². The quantitative estimate of drug-likeness (QED) is 0.389. The van der Waals surface area contributed by atoms with Crippen LogP contribution < -0.4 is 0 Å². The highest BCUT2D eigenvalue weighted by molar-refractivity contribution is 6.32. The van der Waals surface area contributed by atoms with Crippen LogP contribution in [0.15, 0.2) is 59.3 Å². The van der Waals surface area contributed by atoms with Gasteiger partial charge in [0.15, 0.2) is 5.69 Å². The molecule has 0 N–H and O–H groups in total. The van der Waals surface area contributed by atoms with Gasteiger partial charge in [-0.05, 0) is 32.0 Å². The number of carbonyl (C=O) groups is 1. The van der Waals surface area contributed by atoms with Gasteiger partial charge >= 0.3 is 0 Å². The summed E-state index contributed by atoms with van der Waals surface area (Å²) in [6.45, 7) is 5.87. The van der Waals surface area contributed by atoms with Crippen LogP contribution in [-0.4, -0.2) is 73.6 Å². The molecule has 1 aliphatic rings. The lowest BCUT2D eigenvalue weighted by Gasteiger charge is -2.34. The van der Waals surface area contributed by atoms with E-state index in [0.717, 1.165) is 38.0 Å². The number of benzene rings is 2. The van der Waals surface area contributed by atoms with E-state index < -0.39 is 0 Å². The van der Waals surface area contributed by atoms with Crippen LogP contribution in [0.25, 0.3) is 17.1 Å². The van der Waals surface area contributed by atoms with Gasteiger partial charge in [0.2, 0.25) is 11.7 Å². The van der Waals surface area contributed by atoms with E-state index in [4.69, 9.17) is 16.1 Å². The zero-order valence-corrected chi connectivity index (χ0v) is 20.2. The summed E-state index contributed by atoms with van der Waals surface area (Å²) in [6, 6.07) is 15.4. The van der Waals surface area contributed by atoms with E-state index in [1.54, 1.807) is 12.3 Å². The Morgan fingerprint density at radius 2 is 1.83 bits per heavy atom. The van der Waals surface area contributed by atoms with Crippen molar-refractivity contribution in [3.63, 3.8) is 0 Å². The van der Waals surface area contributed by atoms with Crippen molar-refractivity contribution in [2.75, 3.05) is 32.7 Å². The molecule has 35 heavy (non-hydrogen) atoms. The topological polar surface area (TPSA) is 93.2 Å². The molecule has 1 aliphatic heterocycles. The molecule has 0 saturated carbocycles. The molecule has 5 rings (SSSR count). The molecular weight excluding hydrogens is 466 g/mol. The lowest BCUT2D eigenvalue weighted by atomic mass is 10.1. The third kappa shape index (κ3) is 5.41. The Bertz CT molecular complexity index is 1290. The molecule has 2 aromatic carbocycles. The summed E-state index contributed by atoms with van der Waals surface area (Å²) in [6.07, 6.45) is 3.27. The third-order valence-electron chi connectivity index (χ3n) is 6.11. The van der Waals surface area contributed by atoms with E-state index in [1.807, 2.05) is 54.3 Å². The Balaban J connectivity index is 1.08. The Hall–Kier alpha value is -3.56. The first-order valence-electron chi connectivity index (χ1n) is 11.7. The van der Waals surface area contributed by atoms with E-state index in [9.17, 15) is 4.79 Å². The van der Waals surface area contributed by atoms with Gasteiger partial charge in [0.1, 0.15) is 0 Å². The summed E-state index contributed by atoms with van der Waals surface area (Å²) < 4.78 is 6.96. The molecule has 0 atom stereocenters. The monoisotopic (exact) mass is 491 g/mol. The minimum absolute atomic E-state index is 0.113. The first-order chi connectivity index (χ1) is 17.1. The standard InChI is InChI=1S/C25H26ClN7O2/c1-18-8-10-19(11-9-18)24-27-23(35-29-24)7-4-12-31-13-15-32(16-14-31)25(34)21-17-33(30-28-21)22-6-3-2-5-20(22)26/h2-3,5-6,8-11,17H,4,7,12-16H2,1H3. The summed E-state index contributed by atoms with van der Waals surface area (Å²) in [5.41, 5.74) is 3.16. The number of hydrogen-bond donors (Lipinski definition) is 0. The average Bonchev–Trinajstić information content (AvgIpc) is 3.55. The normalized spacial score (nSPS) is 14.4. The van der Waals surface area contributed by atoms with Gasteiger partial charge in [-0.2, -0.15) is 4.98 Å². The number of piperazine rings is 1. The SMILES string of the molecule is Cc1ccc(-c2noc(CCCN3CCN(C(=O)c4cn(-c5ccccc5Cl)nn4)CC3)n2)cc1. The summed E-state index contributed by atoms with van der Waals surface area (Å²) >= 11 is 6.22. The van der Waals surface area contributed by atoms with Gasteiger partial charge in [0, 0.05) is 38.2 Å². The molecule has 10 heteroatoms. The number of carbonyl (C=O) groups excluding carboxylic acids is 1. The van der Waals surface area contributed by atoms with Gasteiger partial charge in [-0.1, -0.05) is 63.9 Å². The maximum atomic E-state index is 12.9. The number of aryl methyl sites for hydroxylation is 2. The van der Waals surface area contributed by atoms with E-state index >= 15 is 0 Å². The molecule has 0 spiro atoms. The van der Waals surface area contributed by atoms with E-state index in [1.165, 1.54) is 10.2 Å². The molecule has 0 unspecified atom stereocenters. The second-order valence-electron chi connectivity index (χ2n) is 8.61. The van der Waals surface area contributed by atoms with E-state index in [-0.39, 0.29) is 5.91 Å². The summed E-state index contributed by atoms with van der Waals surface area (Å²) in [5.74, 6) is 1.16. The fourth-order valence-corrected chi connectivity index (χ4v) is 4.31. The van der Waals surface area contributed by atoms with E-state index in [2.05, 4.69) is 25.4 Å². The number of halogens is 1. The van der Waals surface area contributed by atoms with Gasteiger partial charge in [-0.15, -0.1) is 5.10 Å². The third-order valence-corrected chi connectivity index (χ3v) is 6.43. The number of para-hydroxylation sites is 1. The maximum absolute atomic E-state index is 12.9. The second-order valence-corrected chi connectivity index (χ2v) is 9.02. The van der Waals surface area contributed by atoms with Crippen LogP contribution in [0, 0.1) is 6.92 Å². The smallest absolute Gasteiger partial charge is 0.276 e. The van der Waals surface area contributed by atoms with Crippen molar-refractivity contribution in [1.82, 2.24) is 34.9 Å². The number of hydrogen-bond acceptors (Lipinski definition) is 7. The Kier molecular flexibility index (Phi) is 6.87. The van der Waals surface area contributed by atoms with Crippen LogP contribution in [0.5, 0.6) is 0 Å². The highest BCUT2D eigenvalue weighted by Gasteiger charge is 2.24. The number of rotatable bonds is 7. The zero-order chi connectivity index (χ0) is 24.2. The van der Waals surface area contributed by atoms with Crippen molar-refractivity contribution in [3.8, 4) is 17.1 Å². The molecule has 180 valence electrons. The predicted molar refractivity (Wildman–Crippen MR) is 132 cm³/mol. The van der Waals surface area contributed by atoms with Gasteiger partial charge in [-0.3, -0.25) is 9.69 Å². The lowest BCUT2D eigenvalue weighted by molar-refractivity contribution is 0.0629. The Morgan fingerprint density at radius 3 is 2.60 bits per heavy atom. The van der Waals surface area contributed by atoms with Crippen molar-refractivity contribution in [2.24, 2.45) is 0 Å². The average molecular weight is 492 g/mol. The molecule has 9 nitrogen and oxygen atoms in total. The number of amides is 1. The summed E-state index contributed by atoms with van der Waals surface area (Å²) in [4.78, 5) is 21.6. The van der Waals surface area contributed by atoms with Crippen LogP contribution in [-0.2, 0) is 6.42 Å². The van der Waals surface area contributed by atoms with Crippen molar-refractivity contribution < 1.29 is 9.32 Å². The van der Waals surface area contributed by atoms with Crippen molar-refractivity contribution in [1.29, 1.82) is 0 Å². The lowest BCUT2D eigenvalue weighted by Crippen LogP contribution is -2.49. The fourth-order valence-electron chi connectivity index (χ4n) is 4.08. The Morgan fingerprint density at radius 1 is 1.06 bits per heavy atom. The van der Waals surface area contributed by atoms with Gasteiger partial charge in [0.25, 0.3) is 5.91 Å². The molecule has 1 fully saturated rings. The highest BCUT2D eigenvalue weighted by atomic mass is 35.5. The van der Waals surface area contributed by atoms with Crippen LogP contribution >= 0.6 is 11.6 Å². The maximum Gasteiger partial charge on any atom is 0.276 e. The Labute approximate surface area is 208 Å². The largest absolute Gasteiger partial charge is 0.339 e. The molecule has 4 aromatic rings. The van der Waals surface area contributed by atoms with Crippen molar-refractivity contribution >= 4 is 17.5 Å². The molecule has 3 heterocycles.